The molecule has 0 spiro atoms. The number of thiocarbonyl (C=S) groups is 1. The second-order valence-corrected chi connectivity index (χ2v) is 6.03. The van der Waals surface area contributed by atoms with E-state index in [0.29, 0.717) is 0 Å². The summed E-state index contributed by atoms with van der Waals surface area (Å²) in [6.45, 7) is 0. The highest BCUT2D eigenvalue weighted by Crippen LogP contribution is 2.37. The lowest BCUT2D eigenvalue weighted by molar-refractivity contribution is 0.560. The van der Waals surface area contributed by atoms with Crippen LogP contribution in [-0.2, 0) is 0 Å². The minimum atomic E-state index is 0.227. The number of rotatable bonds is 1. The fourth-order valence-electron chi connectivity index (χ4n) is 2.76. The third kappa shape index (κ3) is 2.19. The quantitative estimate of drug-likeness (QED) is 0.769. The van der Waals surface area contributed by atoms with Crippen LogP contribution in [0.25, 0.3) is 0 Å². The molecule has 0 saturated carbocycles. The number of hydrogen-bond acceptors (Lipinski definition) is 1. The molecule has 2 nitrogen and oxygen atoms in total. The molecule has 0 fully saturated rings. The van der Waals surface area contributed by atoms with Gasteiger partial charge < -0.3 is 10.6 Å². The van der Waals surface area contributed by atoms with Crippen LogP contribution in [0.1, 0.15) is 37.3 Å². The zero-order valence-corrected chi connectivity index (χ0v) is 12.4. The molecule has 1 atom stereocenters. The third-order valence-corrected chi connectivity index (χ3v) is 4.56. The van der Waals surface area contributed by atoms with E-state index >= 15 is 0 Å². The van der Waals surface area contributed by atoms with Crippen LogP contribution in [0.4, 0.5) is 0 Å². The zero-order chi connectivity index (χ0) is 12.5. The first kappa shape index (κ1) is 12.2. The summed E-state index contributed by atoms with van der Waals surface area (Å²) in [5.74, 6) is 0. The van der Waals surface area contributed by atoms with E-state index in [0.717, 1.165) is 22.4 Å². The molecule has 0 radical (unpaired) electrons. The Hall–Kier alpha value is -0.870. The van der Waals surface area contributed by atoms with E-state index < -0.39 is 0 Å². The fourth-order valence-corrected chi connectivity index (χ4v) is 3.51. The average molecular weight is 323 g/mol. The Bertz CT molecular complexity index is 524. The van der Waals surface area contributed by atoms with Crippen LogP contribution in [-0.4, -0.2) is 5.11 Å². The van der Waals surface area contributed by atoms with Gasteiger partial charge in [-0.25, -0.2) is 0 Å². The number of hydrogen-bond donors (Lipinski definition) is 2. The standard InChI is InChI=1S/C14H15BrN2S/c15-11-7-3-1-5-9(11)13-10-6-2-4-8-12(10)16-14(18)17-13/h1,3,5,7,13H,2,4,6,8H2,(H2,16,17,18). The molecule has 1 aromatic rings. The van der Waals surface area contributed by atoms with E-state index in [9.17, 15) is 0 Å². The molecular formula is C14H15BrN2S. The van der Waals surface area contributed by atoms with Gasteiger partial charge in [-0.15, -0.1) is 0 Å². The van der Waals surface area contributed by atoms with Gasteiger partial charge in [0.25, 0.3) is 0 Å². The van der Waals surface area contributed by atoms with E-state index in [2.05, 4.69) is 44.8 Å². The molecule has 1 aliphatic heterocycles. The van der Waals surface area contributed by atoms with Crippen LogP contribution in [0.5, 0.6) is 0 Å². The lowest BCUT2D eigenvalue weighted by Gasteiger charge is -2.35. The first-order chi connectivity index (χ1) is 8.75. The molecule has 0 amide bonds. The summed E-state index contributed by atoms with van der Waals surface area (Å²) in [7, 11) is 0. The topological polar surface area (TPSA) is 24.1 Å². The maximum absolute atomic E-state index is 5.32. The lowest BCUT2D eigenvalue weighted by Crippen LogP contribution is -2.44. The van der Waals surface area contributed by atoms with Crippen molar-refractivity contribution in [2.75, 3.05) is 0 Å². The second kappa shape index (κ2) is 5.02. The monoisotopic (exact) mass is 322 g/mol. The molecule has 1 aromatic carbocycles. The van der Waals surface area contributed by atoms with Gasteiger partial charge in [0.15, 0.2) is 5.11 Å². The Balaban J connectivity index is 2.05. The van der Waals surface area contributed by atoms with Gasteiger partial charge in [0.2, 0.25) is 0 Å². The van der Waals surface area contributed by atoms with Gasteiger partial charge in [0.05, 0.1) is 6.04 Å². The van der Waals surface area contributed by atoms with Crippen LogP contribution in [0.2, 0.25) is 0 Å². The van der Waals surface area contributed by atoms with E-state index in [1.165, 1.54) is 29.7 Å². The van der Waals surface area contributed by atoms with E-state index in [4.69, 9.17) is 12.2 Å². The van der Waals surface area contributed by atoms with Crippen molar-refractivity contribution in [2.45, 2.75) is 31.7 Å². The minimum Gasteiger partial charge on any atom is -0.352 e. The van der Waals surface area contributed by atoms with Gasteiger partial charge in [-0.1, -0.05) is 34.1 Å². The molecule has 1 unspecified atom stereocenters. The number of nitrogens with one attached hydrogen (secondary N) is 2. The van der Waals surface area contributed by atoms with Crippen LogP contribution in [0, 0.1) is 0 Å². The van der Waals surface area contributed by atoms with E-state index in [1.54, 1.807) is 0 Å². The Labute approximate surface area is 121 Å². The van der Waals surface area contributed by atoms with Crippen LogP contribution >= 0.6 is 28.1 Å². The molecule has 2 N–H and O–H groups in total. The fraction of sp³-hybridized carbons (Fsp3) is 0.357. The number of benzene rings is 1. The van der Waals surface area contributed by atoms with Crippen LogP contribution in [0.15, 0.2) is 40.0 Å². The minimum absolute atomic E-state index is 0.227. The zero-order valence-electron chi connectivity index (χ0n) is 10.0. The Kier molecular flexibility index (Phi) is 3.39. The summed E-state index contributed by atoms with van der Waals surface area (Å²) in [4.78, 5) is 0. The predicted octanol–water partition coefficient (Wildman–Crippen LogP) is 3.80. The first-order valence-electron chi connectivity index (χ1n) is 6.29. The average Bonchev–Trinajstić information content (AvgIpc) is 2.38. The Morgan fingerprint density at radius 2 is 1.94 bits per heavy atom. The maximum Gasteiger partial charge on any atom is 0.171 e. The molecule has 18 heavy (non-hydrogen) atoms. The van der Waals surface area contributed by atoms with Gasteiger partial charge in [0.1, 0.15) is 0 Å². The molecular weight excluding hydrogens is 308 g/mol. The molecule has 0 aromatic heterocycles. The van der Waals surface area contributed by atoms with Crippen LogP contribution < -0.4 is 10.6 Å². The van der Waals surface area contributed by atoms with Crippen molar-refractivity contribution in [3.63, 3.8) is 0 Å². The van der Waals surface area contributed by atoms with Crippen molar-refractivity contribution in [2.24, 2.45) is 0 Å². The number of allylic oxidation sites excluding steroid dienone is 1. The van der Waals surface area contributed by atoms with Crippen molar-refractivity contribution < 1.29 is 0 Å². The summed E-state index contributed by atoms with van der Waals surface area (Å²) in [5, 5.41) is 7.47. The summed E-state index contributed by atoms with van der Waals surface area (Å²) in [5.41, 5.74) is 4.09. The van der Waals surface area contributed by atoms with Gasteiger partial charge in [0, 0.05) is 10.2 Å². The highest BCUT2D eigenvalue weighted by Gasteiger charge is 2.28. The van der Waals surface area contributed by atoms with Gasteiger partial charge >= 0.3 is 0 Å². The summed E-state index contributed by atoms with van der Waals surface area (Å²) in [6, 6.07) is 8.60. The Morgan fingerprint density at radius 1 is 1.17 bits per heavy atom. The van der Waals surface area contributed by atoms with Gasteiger partial charge in [-0.3, -0.25) is 0 Å². The molecule has 1 heterocycles. The second-order valence-electron chi connectivity index (χ2n) is 4.76. The predicted molar refractivity (Wildman–Crippen MR) is 81.2 cm³/mol. The maximum atomic E-state index is 5.32. The summed E-state index contributed by atoms with van der Waals surface area (Å²) >= 11 is 8.96. The summed E-state index contributed by atoms with van der Waals surface area (Å²) < 4.78 is 1.14. The number of halogens is 1. The van der Waals surface area contributed by atoms with Crippen molar-refractivity contribution in [1.29, 1.82) is 0 Å². The van der Waals surface area contributed by atoms with E-state index in [1.807, 2.05) is 6.07 Å². The normalized spacial score (nSPS) is 23.2. The van der Waals surface area contributed by atoms with Crippen LogP contribution in [0.3, 0.4) is 0 Å². The van der Waals surface area contributed by atoms with Gasteiger partial charge in [-0.05, 0) is 55.1 Å². The smallest absolute Gasteiger partial charge is 0.171 e. The highest BCUT2D eigenvalue weighted by atomic mass is 79.9. The highest BCUT2D eigenvalue weighted by molar-refractivity contribution is 9.10. The molecule has 0 saturated heterocycles. The SMILES string of the molecule is S=C1NC2=C(CCCC2)C(c2ccccc2Br)N1. The van der Waals surface area contributed by atoms with Crippen molar-refractivity contribution in [1.82, 2.24) is 10.6 Å². The van der Waals surface area contributed by atoms with Crippen molar-refractivity contribution in [3.05, 3.63) is 45.6 Å². The molecule has 94 valence electrons. The lowest BCUT2D eigenvalue weighted by atomic mass is 9.86. The molecule has 1 aliphatic carbocycles. The van der Waals surface area contributed by atoms with Gasteiger partial charge in [-0.2, -0.15) is 0 Å². The molecule has 2 aliphatic rings. The van der Waals surface area contributed by atoms with Crippen molar-refractivity contribution >= 4 is 33.3 Å². The first-order valence-corrected chi connectivity index (χ1v) is 7.49. The van der Waals surface area contributed by atoms with Crippen molar-refractivity contribution in [3.8, 4) is 0 Å². The molecule has 0 bridgehead atoms. The van der Waals surface area contributed by atoms with E-state index in [-0.39, 0.29) is 6.04 Å². The molecule has 3 rings (SSSR count). The Morgan fingerprint density at radius 3 is 2.78 bits per heavy atom. The summed E-state index contributed by atoms with van der Waals surface area (Å²) in [6.07, 6.45) is 4.81. The third-order valence-electron chi connectivity index (χ3n) is 3.62. The largest absolute Gasteiger partial charge is 0.352 e. The molecule has 4 heteroatoms.